The quantitative estimate of drug-likeness (QED) is 0.0195. The Labute approximate surface area is 590 Å². The van der Waals surface area contributed by atoms with Gasteiger partial charge in [-0.25, -0.2) is 14.4 Å². The fraction of sp³-hybridized carbons (Fsp3) is 0.537. The van der Waals surface area contributed by atoms with Crippen molar-refractivity contribution in [2.75, 3.05) is 86.8 Å². The van der Waals surface area contributed by atoms with Crippen molar-refractivity contribution < 1.29 is 82.9 Å². The highest BCUT2D eigenvalue weighted by Gasteiger charge is 2.46. The number of thiophene rings is 2. The molecule has 0 saturated carbocycles. The molecule has 2 aromatic heterocycles. The van der Waals surface area contributed by atoms with Gasteiger partial charge in [0.25, 0.3) is 0 Å². The molecule has 99 heavy (non-hydrogen) atoms. The number of aliphatic hydroxyl groups is 4. The van der Waals surface area contributed by atoms with Gasteiger partial charge in [0.15, 0.2) is 5.75 Å². The summed E-state index contributed by atoms with van der Waals surface area (Å²) in [4.78, 5) is 126. The Kier molecular flexibility index (Phi) is 27.0. The lowest BCUT2D eigenvalue weighted by Crippen LogP contribution is -2.60. The number of rotatable bonds is 31. The molecule has 0 unspecified atom stereocenters. The summed E-state index contributed by atoms with van der Waals surface area (Å²) >= 11 is 16.1. The Morgan fingerprint density at radius 1 is 0.758 bits per heavy atom. The minimum absolute atomic E-state index is 0.00980. The molecule has 3 aromatic carbocycles. The highest BCUT2D eigenvalue weighted by atomic mass is 35.5. The Bertz CT molecular complexity index is 3780. The van der Waals surface area contributed by atoms with E-state index in [9.17, 15) is 68.7 Å². The molecule has 0 aliphatic carbocycles. The lowest BCUT2D eigenvalue weighted by atomic mass is 9.95. The molecule has 10 amide bonds. The predicted octanol–water partition coefficient (Wildman–Crippen LogP) is 5.40. The fourth-order valence-corrected chi connectivity index (χ4v) is 15.4. The van der Waals surface area contributed by atoms with Crippen molar-refractivity contribution >= 4 is 137 Å². The maximum absolute atomic E-state index is 14.7. The standard InChI is InChI=1S/C67H89Cl2N11O17S2/c1-33(2)55(76-62(89)41(73-36(5)82)12-8-9-20-70)63(90)75-42(13-11-21-72-65(71)91)61(88)74-40-18-16-37(17-19-40)24-48-35(4)52-54-39(28-69)30-80(44(54)26-46(60(52)99-48)97-67(94)78(7)23-22-77(6)66(92)93)50(84)15-10-14-49(83)79-29-38(27-68)53-43(79)25-45(59-51(53)34(3)32-98-59)95-64-58(87)57(86)56(85)47(31-81)96-64/h16-19,25-26,32-33,38-39,41-42,47,55-58,64,81,85-87H,8-15,20-24,27-31,70H2,1-7H3,(H,73,82)(H,74,88)(H,75,90)(H,76,89)(H,92,93)(H3,71,72,91)/t38-,39-,41+,42+,47-,55+,56+,57+,58-,64-/m1/s1. The van der Waals surface area contributed by atoms with Crippen molar-refractivity contribution in [3.05, 3.63) is 74.5 Å². The third-order valence-corrected chi connectivity index (χ3v) is 21.2. The van der Waals surface area contributed by atoms with Crippen LogP contribution in [-0.4, -0.2) is 210 Å². The minimum atomic E-state index is -1.69. The van der Waals surface area contributed by atoms with Gasteiger partial charge in [-0.15, -0.1) is 45.9 Å². The Balaban J connectivity index is 1.02. The molecule has 3 aliphatic rings. The summed E-state index contributed by atoms with van der Waals surface area (Å²) in [6, 6.07) is 6.38. The first-order valence-corrected chi connectivity index (χ1v) is 35.6. The number of aryl methyl sites for hydroxylation is 2. The van der Waals surface area contributed by atoms with Crippen molar-refractivity contribution in [1.29, 1.82) is 0 Å². The van der Waals surface area contributed by atoms with Crippen LogP contribution in [0, 0.1) is 19.8 Å². The van der Waals surface area contributed by atoms with E-state index in [0.717, 1.165) is 48.4 Å². The number of carbonyl (C=O) groups excluding carboxylic acids is 8. The van der Waals surface area contributed by atoms with Crippen molar-refractivity contribution in [3.8, 4) is 11.5 Å². The number of anilines is 3. The average Bonchev–Trinajstić information content (AvgIpc) is 1.59. The maximum atomic E-state index is 14.7. The van der Waals surface area contributed by atoms with Crippen LogP contribution in [0.3, 0.4) is 0 Å². The van der Waals surface area contributed by atoms with Crippen LogP contribution >= 0.6 is 45.9 Å². The number of nitrogens with zero attached hydrogens (tertiary/aromatic N) is 4. The number of urea groups is 1. The van der Waals surface area contributed by atoms with Gasteiger partial charge in [0.2, 0.25) is 41.7 Å². The van der Waals surface area contributed by atoms with E-state index >= 15 is 0 Å². The third-order valence-electron chi connectivity index (χ3n) is 18.0. The van der Waals surface area contributed by atoms with Gasteiger partial charge >= 0.3 is 18.2 Å². The molecular formula is C67H89Cl2N11O17S2. The number of fused-ring (bicyclic) bond motifs is 6. The second-order valence-electron chi connectivity index (χ2n) is 25.6. The fourth-order valence-electron chi connectivity index (χ4n) is 12.5. The zero-order valence-corrected chi connectivity index (χ0v) is 59.4. The van der Waals surface area contributed by atoms with E-state index < -0.39 is 103 Å². The van der Waals surface area contributed by atoms with Gasteiger partial charge in [-0.1, -0.05) is 26.0 Å². The van der Waals surface area contributed by atoms with Gasteiger partial charge in [0.05, 0.1) is 27.4 Å². The SMILES string of the molecule is CC(=O)N[C@@H](CCCCN)C(=O)N[C@H](C(=O)N[C@@H](CCCNC(N)=O)C(=O)Nc1ccc(Cc2sc3c(OC(=O)N(C)CCN(C)C(=O)O)cc4c(c3c2C)[C@H](CCl)CN4C(=O)CCCC(=O)N2C[C@@H](CCl)c3c2cc(O[C@@H]2O[C@H](CO)[C@H](O)[C@H](O)[C@H]2O)c2scc(C)c32)cc1)C(C)C. The van der Waals surface area contributed by atoms with Gasteiger partial charge in [-0.3, -0.25) is 28.8 Å². The smallest absolute Gasteiger partial charge is 0.415 e. The van der Waals surface area contributed by atoms with Crippen LogP contribution < -0.4 is 57.3 Å². The number of unbranched alkanes of at least 4 members (excludes halogenated alkanes) is 1. The summed E-state index contributed by atoms with van der Waals surface area (Å²) in [6.07, 6.45) is -7.57. The van der Waals surface area contributed by atoms with Crippen LogP contribution in [0.5, 0.6) is 11.5 Å². The largest absolute Gasteiger partial charge is 0.465 e. The number of nitrogens with one attached hydrogen (secondary N) is 5. The summed E-state index contributed by atoms with van der Waals surface area (Å²) in [6.45, 7) is 8.78. The van der Waals surface area contributed by atoms with Gasteiger partial charge in [0, 0.05) is 130 Å². The van der Waals surface area contributed by atoms with E-state index in [-0.39, 0.29) is 112 Å². The topological polar surface area (TPSA) is 408 Å². The molecule has 10 atom stereocenters. The molecule has 540 valence electrons. The third kappa shape index (κ3) is 18.3. The van der Waals surface area contributed by atoms with Crippen molar-refractivity contribution in [1.82, 2.24) is 31.1 Å². The molecule has 28 nitrogen and oxygen atoms in total. The Morgan fingerprint density at radius 2 is 1.36 bits per heavy atom. The molecule has 0 bridgehead atoms. The Hall–Kier alpha value is -7.65. The van der Waals surface area contributed by atoms with Gasteiger partial charge in [-0.05, 0) is 110 Å². The summed E-state index contributed by atoms with van der Waals surface area (Å²) in [5.41, 5.74) is 16.4. The molecule has 14 N–H and O–H groups in total. The zero-order valence-electron chi connectivity index (χ0n) is 56.3. The number of amides is 10. The molecule has 5 heterocycles. The van der Waals surface area contributed by atoms with Crippen LogP contribution in [0.4, 0.5) is 31.4 Å². The number of halogens is 2. The van der Waals surface area contributed by atoms with Crippen LogP contribution in [0.1, 0.15) is 117 Å². The average molecular weight is 1460 g/mol. The lowest BCUT2D eigenvalue weighted by Gasteiger charge is -2.39. The summed E-state index contributed by atoms with van der Waals surface area (Å²) in [5.74, 6) is -3.32. The van der Waals surface area contributed by atoms with Crippen LogP contribution in [0.25, 0.3) is 20.2 Å². The van der Waals surface area contributed by atoms with E-state index in [1.165, 1.54) is 48.6 Å². The normalized spacial score (nSPS) is 19.6. The molecule has 32 heteroatoms. The number of hydrogen-bond donors (Lipinski definition) is 12. The molecule has 5 aromatic rings. The van der Waals surface area contributed by atoms with Crippen molar-refractivity contribution in [2.45, 2.75) is 153 Å². The van der Waals surface area contributed by atoms with E-state index in [4.69, 9.17) is 48.9 Å². The number of ether oxygens (including phenoxy) is 3. The van der Waals surface area contributed by atoms with E-state index in [2.05, 4.69) is 26.6 Å². The van der Waals surface area contributed by atoms with E-state index in [1.54, 1.807) is 47.9 Å². The van der Waals surface area contributed by atoms with Gasteiger partial charge in [0.1, 0.15) is 48.3 Å². The number of aliphatic hydroxyl groups excluding tert-OH is 4. The summed E-state index contributed by atoms with van der Waals surface area (Å²) in [5, 5.41) is 68.3. The number of primary amides is 1. The number of alkyl halides is 2. The van der Waals surface area contributed by atoms with E-state index in [1.807, 2.05) is 31.4 Å². The number of nitrogens with two attached hydrogens (primary N) is 2. The first kappa shape index (κ1) is 77.1. The Morgan fingerprint density at radius 3 is 1.95 bits per heavy atom. The first-order valence-electron chi connectivity index (χ1n) is 32.8. The zero-order chi connectivity index (χ0) is 72.3. The van der Waals surface area contributed by atoms with Crippen LogP contribution in [0.2, 0.25) is 0 Å². The number of likely N-dealkylation sites (N-methyl/N-ethyl adjacent to an activating group) is 2. The van der Waals surface area contributed by atoms with Crippen molar-refractivity contribution in [3.63, 3.8) is 0 Å². The maximum Gasteiger partial charge on any atom is 0.415 e. The molecule has 3 aliphatic heterocycles. The first-order chi connectivity index (χ1) is 47.1. The summed E-state index contributed by atoms with van der Waals surface area (Å²) < 4.78 is 19.4. The lowest BCUT2D eigenvalue weighted by molar-refractivity contribution is -0.277. The molecule has 0 radical (unpaired) electrons. The molecule has 1 saturated heterocycles. The highest BCUT2D eigenvalue weighted by molar-refractivity contribution is 7.19. The van der Waals surface area contributed by atoms with Gasteiger partial charge in [-0.2, -0.15) is 0 Å². The minimum Gasteiger partial charge on any atom is -0.465 e. The number of carbonyl (C=O) groups is 9. The van der Waals surface area contributed by atoms with Crippen molar-refractivity contribution in [2.24, 2.45) is 17.4 Å². The molecule has 8 rings (SSSR count). The molecular weight excluding hydrogens is 1370 g/mol. The molecule has 0 spiro atoms. The monoisotopic (exact) mass is 1450 g/mol. The van der Waals surface area contributed by atoms with E-state index in [0.29, 0.717) is 58.7 Å². The second-order valence-corrected chi connectivity index (χ2v) is 28.2. The predicted molar refractivity (Wildman–Crippen MR) is 376 cm³/mol. The number of hydrogen-bond acceptors (Lipinski definition) is 19. The molecule has 1 fully saturated rings. The number of benzene rings is 3. The van der Waals surface area contributed by atoms with Gasteiger partial charge < -0.3 is 97.4 Å². The second kappa shape index (κ2) is 34.6. The highest BCUT2D eigenvalue weighted by Crippen LogP contribution is 2.52. The summed E-state index contributed by atoms with van der Waals surface area (Å²) in [7, 11) is 2.85. The van der Waals surface area contributed by atoms with Crippen LogP contribution in [-0.2, 0) is 39.9 Å². The number of carboxylic acid groups (broad SMARTS) is 1. The van der Waals surface area contributed by atoms with Crippen LogP contribution in [0.15, 0.2) is 41.8 Å².